The zero-order chi connectivity index (χ0) is 49.2. The van der Waals surface area contributed by atoms with E-state index in [1.165, 1.54) is 122 Å². The topological polar surface area (TPSA) is 111 Å². The smallest absolute Gasteiger partial charge is 0.306 e. The first-order valence-corrected chi connectivity index (χ1v) is 29.0. The molecule has 0 amide bonds. The first-order valence-electron chi connectivity index (χ1n) is 27.5. The van der Waals surface area contributed by atoms with Gasteiger partial charge in [-0.25, -0.2) is 0 Å². The highest BCUT2D eigenvalue weighted by Crippen LogP contribution is 2.38. The van der Waals surface area contributed by atoms with Crippen LogP contribution in [0.4, 0.5) is 0 Å². The van der Waals surface area contributed by atoms with Crippen LogP contribution < -0.4 is 4.89 Å². The van der Waals surface area contributed by atoms with Crippen molar-refractivity contribution >= 4 is 19.8 Å². The summed E-state index contributed by atoms with van der Waals surface area (Å²) in [5.74, 6) is -0.839. The van der Waals surface area contributed by atoms with Gasteiger partial charge >= 0.3 is 11.9 Å². The third-order valence-electron chi connectivity index (χ3n) is 11.8. The molecule has 0 aromatic carbocycles. The van der Waals surface area contributed by atoms with Crippen LogP contribution in [0.3, 0.4) is 0 Å². The molecule has 0 N–H and O–H groups in total. The van der Waals surface area contributed by atoms with Gasteiger partial charge in [0, 0.05) is 12.8 Å². The molecule has 0 aliphatic rings. The number of hydrogen-bond acceptors (Lipinski definition) is 8. The van der Waals surface area contributed by atoms with Gasteiger partial charge in [0.1, 0.15) is 19.8 Å². The summed E-state index contributed by atoms with van der Waals surface area (Å²) < 4.78 is 34.1. The van der Waals surface area contributed by atoms with Gasteiger partial charge in [0.15, 0.2) is 6.10 Å². The molecule has 9 nitrogen and oxygen atoms in total. The van der Waals surface area contributed by atoms with Crippen LogP contribution in [0.25, 0.3) is 0 Å². The number of hydrogen-bond donors (Lipinski definition) is 0. The van der Waals surface area contributed by atoms with Crippen molar-refractivity contribution in [1.29, 1.82) is 0 Å². The zero-order valence-electron chi connectivity index (χ0n) is 44.1. The summed E-state index contributed by atoms with van der Waals surface area (Å²) in [7, 11) is 1.16. The van der Waals surface area contributed by atoms with Crippen LogP contribution in [0, 0.1) is 0 Å². The Balaban J connectivity index is 4.16. The molecule has 0 fully saturated rings. The van der Waals surface area contributed by atoms with Crippen molar-refractivity contribution < 1.29 is 42.1 Å². The summed E-state index contributed by atoms with van der Waals surface area (Å²) in [5.41, 5.74) is 0. The summed E-state index contributed by atoms with van der Waals surface area (Å²) in [6.07, 6.45) is 61.1. The minimum Gasteiger partial charge on any atom is -0.756 e. The third kappa shape index (κ3) is 52.9. The van der Waals surface area contributed by atoms with E-state index in [2.05, 4.69) is 74.6 Å². The highest BCUT2D eigenvalue weighted by Gasteiger charge is 2.21. The lowest BCUT2D eigenvalue weighted by Crippen LogP contribution is -2.37. The maximum atomic E-state index is 12.8. The minimum atomic E-state index is -4.64. The summed E-state index contributed by atoms with van der Waals surface area (Å²) in [6, 6.07) is 0. The zero-order valence-corrected chi connectivity index (χ0v) is 45.0. The molecule has 0 aliphatic carbocycles. The number of nitrogens with zero attached hydrogens (tertiary/aromatic N) is 1. The molecule has 0 saturated heterocycles. The number of carbonyl (C=O) groups excluding carboxylic acids is 2. The van der Waals surface area contributed by atoms with Gasteiger partial charge in [0.05, 0.1) is 27.7 Å². The van der Waals surface area contributed by atoms with Gasteiger partial charge in [0.2, 0.25) is 0 Å². The fraction of sp³-hybridized carbons (Fsp3) is 0.789. The fourth-order valence-electron chi connectivity index (χ4n) is 7.52. The number of phosphoric ester groups is 1. The van der Waals surface area contributed by atoms with Crippen LogP contribution in [0.2, 0.25) is 0 Å². The highest BCUT2D eigenvalue weighted by atomic mass is 31.2. The van der Waals surface area contributed by atoms with Gasteiger partial charge in [-0.05, 0) is 77.0 Å². The molecule has 0 aromatic heterocycles. The van der Waals surface area contributed by atoms with Gasteiger partial charge in [-0.3, -0.25) is 14.2 Å². The van der Waals surface area contributed by atoms with E-state index in [1.807, 2.05) is 21.1 Å². The lowest BCUT2D eigenvalue weighted by molar-refractivity contribution is -0.870. The maximum absolute atomic E-state index is 12.8. The third-order valence-corrected chi connectivity index (χ3v) is 12.7. The Labute approximate surface area is 413 Å². The largest absolute Gasteiger partial charge is 0.756 e. The average Bonchev–Trinajstić information content (AvgIpc) is 3.29. The van der Waals surface area contributed by atoms with Crippen molar-refractivity contribution in [3.8, 4) is 0 Å². The Bertz CT molecular complexity index is 1320. The van der Waals surface area contributed by atoms with Crippen molar-refractivity contribution in [1.82, 2.24) is 0 Å². The second kappa shape index (κ2) is 48.7. The Morgan fingerprint density at radius 3 is 1.28 bits per heavy atom. The molecule has 67 heavy (non-hydrogen) atoms. The van der Waals surface area contributed by atoms with E-state index >= 15 is 0 Å². The molecular weight excluding hydrogens is 858 g/mol. The minimum absolute atomic E-state index is 0.0330. The number of carbonyl (C=O) groups is 2. The van der Waals surface area contributed by atoms with Crippen LogP contribution >= 0.6 is 7.82 Å². The molecule has 0 spiro atoms. The molecular formula is C57H104NO8P. The standard InChI is InChI=1S/C57H104NO8P/c1-6-8-10-12-14-16-18-20-22-24-25-26-27-28-29-30-31-32-33-34-36-38-40-42-44-46-48-50-57(60)66-55(54-65-67(61,62)64-52-51-58(3,4)5)53-63-56(59)49-47-45-43-41-39-37-35-23-21-19-17-15-13-11-9-7-2/h8,10,14,16,20,22-23,25-26,35,55H,6-7,9,11-13,15,17-19,21,24,27-34,36-54H2,1-5H3/b10-8-,16-14-,22-20-,26-25-,35-23-. The predicted octanol–water partition coefficient (Wildman–Crippen LogP) is 16.1. The maximum Gasteiger partial charge on any atom is 0.306 e. The number of rotatable bonds is 50. The van der Waals surface area contributed by atoms with Gasteiger partial charge < -0.3 is 27.9 Å². The number of esters is 2. The quantitative estimate of drug-likeness (QED) is 0.0195. The second-order valence-corrected chi connectivity index (χ2v) is 21.0. The van der Waals surface area contributed by atoms with Gasteiger partial charge in [-0.15, -0.1) is 0 Å². The Hall–Kier alpha value is -2.29. The van der Waals surface area contributed by atoms with Gasteiger partial charge in [-0.1, -0.05) is 209 Å². The first-order chi connectivity index (χ1) is 32.5. The van der Waals surface area contributed by atoms with Crippen molar-refractivity contribution in [3.63, 3.8) is 0 Å². The number of unbranched alkanes of at least 4 members (excludes halogenated alkanes) is 26. The van der Waals surface area contributed by atoms with Crippen molar-refractivity contribution in [3.05, 3.63) is 60.8 Å². The second-order valence-electron chi connectivity index (χ2n) is 19.6. The SMILES string of the molecule is CC/C=C\C/C=C\C/C=C\C/C=C\CCCCCCCCCCCCCCCCC(=O)OC(COC(=O)CCCCCCC/C=C\CCCCCCCCC)COP(=O)([O-])OCC[N+](C)(C)C. The monoisotopic (exact) mass is 962 g/mol. The van der Waals surface area contributed by atoms with Crippen molar-refractivity contribution in [2.75, 3.05) is 47.5 Å². The number of phosphoric acid groups is 1. The molecule has 0 heterocycles. The van der Waals surface area contributed by atoms with E-state index in [-0.39, 0.29) is 26.1 Å². The van der Waals surface area contributed by atoms with E-state index < -0.39 is 32.5 Å². The van der Waals surface area contributed by atoms with Crippen molar-refractivity contribution in [2.24, 2.45) is 0 Å². The van der Waals surface area contributed by atoms with E-state index in [0.717, 1.165) is 83.5 Å². The summed E-state index contributed by atoms with van der Waals surface area (Å²) >= 11 is 0. The van der Waals surface area contributed by atoms with Gasteiger partial charge in [-0.2, -0.15) is 0 Å². The fourth-order valence-corrected chi connectivity index (χ4v) is 8.25. The van der Waals surface area contributed by atoms with Gasteiger partial charge in [0.25, 0.3) is 7.82 Å². The molecule has 0 aliphatic heterocycles. The summed E-state index contributed by atoms with van der Waals surface area (Å²) in [4.78, 5) is 37.8. The molecule has 10 heteroatoms. The summed E-state index contributed by atoms with van der Waals surface area (Å²) in [5, 5.41) is 0. The Kier molecular flexibility index (Phi) is 47.1. The number of ether oxygens (including phenoxy) is 2. The van der Waals surface area contributed by atoms with E-state index in [0.29, 0.717) is 17.4 Å². The van der Waals surface area contributed by atoms with Crippen LogP contribution in [0.5, 0.6) is 0 Å². The number of quaternary nitrogens is 1. The van der Waals surface area contributed by atoms with Crippen LogP contribution in [0.1, 0.15) is 239 Å². The lowest BCUT2D eigenvalue weighted by Gasteiger charge is -2.28. The van der Waals surface area contributed by atoms with E-state index in [4.69, 9.17) is 18.5 Å². The van der Waals surface area contributed by atoms with Crippen molar-refractivity contribution in [2.45, 2.75) is 245 Å². The molecule has 390 valence electrons. The molecule has 0 radical (unpaired) electrons. The van der Waals surface area contributed by atoms with E-state index in [9.17, 15) is 19.0 Å². The summed E-state index contributed by atoms with van der Waals surface area (Å²) in [6.45, 7) is 4.13. The Morgan fingerprint density at radius 1 is 0.478 bits per heavy atom. The molecule has 2 unspecified atom stereocenters. The number of allylic oxidation sites excluding steroid dienone is 10. The van der Waals surface area contributed by atoms with Crippen LogP contribution in [-0.4, -0.2) is 70.0 Å². The van der Waals surface area contributed by atoms with Crippen LogP contribution in [-0.2, 0) is 32.7 Å². The number of likely N-dealkylation sites (N-methyl/N-ethyl adjacent to an activating group) is 1. The average molecular weight is 962 g/mol. The highest BCUT2D eigenvalue weighted by molar-refractivity contribution is 7.45. The predicted molar refractivity (Wildman–Crippen MR) is 282 cm³/mol. The molecule has 0 rings (SSSR count). The van der Waals surface area contributed by atoms with E-state index in [1.54, 1.807) is 0 Å². The first kappa shape index (κ1) is 64.7. The molecule has 0 bridgehead atoms. The molecule has 2 atom stereocenters. The molecule has 0 aromatic rings. The molecule has 0 saturated carbocycles. The van der Waals surface area contributed by atoms with Crippen LogP contribution in [0.15, 0.2) is 60.8 Å². The lowest BCUT2D eigenvalue weighted by atomic mass is 10.0. The Morgan fingerprint density at radius 2 is 0.851 bits per heavy atom. The normalized spacial score (nSPS) is 13.8.